The fraction of sp³-hybridized carbons (Fsp3) is 0.0222. The third-order valence-electron chi connectivity index (χ3n) is 9.82. The highest BCUT2D eigenvalue weighted by Gasteiger charge is 2.25. The molecule has 0 saturated carbocycles. The molecule has 0 fully saturated rings. The minimum atomic E-state index is 0.759. The second-order valence-corrected chi connectivity index (χ2v) is 13.5. The van der Waals surface area contributed by atoms with Gasteiger partial charge in [0.1, 0.15) is 5.69 Å². The van der Waals surface area contributed by atoms with Crippen LogP contribution in [0.3, 0.4) is 0 Å². The van der Waals surface area contributed by atoms with Gasteiger partial charge in [-0.3, -0.25) is 4.57 Å². The van der Waals surface area contributed by atoms with Crippen LogP contribution in [0, 0.1) is 0 Å². The second-order valence-electron chi connectivity index (χ2n) is 12.5. The summed E-state index contributed by atoms with van der Waals surface area (Å²) in [5.74, 6) is 0.805. The summed E-state index contributed by atoms with van der Waals surface area (Å²) in [6.45, 7) is 6.15. The van der Waals surface area contributed by atoms with E-state index in [-0.39, 0.29) is 0 Å². The van der Waals surface area contributed by atoms with Gasteiger partial charge >= 0.3 is 0 Å². The molecule has 4 heteroatoms. The van der Waals surface area contributed by atoms with E-state index in [9.17, 15) is 0 Å². The molecule has 0 atom stereocenters. The normalized spacial score (nSPS) is 12.2. The van der Waals surface area contributed by atoms with E-state index in [4.69, 9.17) is 9.97 Å². The van der Waals surface area contributed by atoms with Gasteiger partial charge in [-0.15, -0.1) is 11.3 Å². The summed E-state index contributed by atoms with van der Waals surface area (Å²) >= 11 is 1.89. The lowest BCUT2D eigenvalue weighted by Gasteiger charge is -2.16. The van der Waals surface area contributed by atoms with Crippen LogP contribution >= 0.6 is 11.3 Å². The van der Waals surface area contributed by atoms with Crippen molar-refractivity contribution >= 4 is 97.8 Å². The molecule has 0 N–H and O–H groups in total. The zero-order chi connectivity index (χ0) is 32.6. The lowest BCUT2D eigenvalue weighted by Crippen LogP contribution is -2.06. The predicted octanol–water partition coefficient (Wildman–Crippen LogP) is 12.7. The lowest BCUT2D eigenvalue weighted by molar-refractivity contribution is 1.03. The number of para-hydroxylation sites is 1. The molecule has 0 bridgehead atoms. The fourth-order valence-corrected chi connectivity index (χ4v) is 9.09. The minimum Gasteiger partial charge on any atom is -0.290 e. The molecule has 10 aromatic rings. The standard InChI is InChI=1S/C45H29N3S/c1-3-13-37-36(4-2)46-41(30-23-22-27-14-5-6-16-29(27)26-30)45(47-37)48-38-21-12-11-20-34(38)39-32-18-9-10-19-33(32)40-35-25-24-28-15-7-8-17-31(28)43(35)49-44(40)42(39)48/h3-26H,2H2,1H3/b13-3-. The highest BCUT2D eigenvalue weighted by atomic mass is 32.1. The van der Waals surface area contributed by atoms with Crippen LogP contribution in [0.1, 0.15) is 18.3 Å². The first kappa shape index (κ1) is 28.0. The number of hydrogen-bond acceptors (Lipinski definition) is 3. The van der Waals surface area contributed by atoms with Crippen LogP contribution in [0.2, 0.25) is 0 Å². The van der Waals surface area contributed by atoms with Crippen LogP contribution in [0.25, 0.3) is 104 Å². The molecule has 0 saturated heterocycles. The van der Waals surface area contributed by atoms with Crippen LogP contribution in [0.4, 0.5) is 0 Å². The van der Waals surface area contributed by atoms with Crippen molar-refractivity contribution in [3.8, 4) is 17.1 Å². The van der Waals surface area contributed by atoms with Gasteiger partial charge in [-0.2, -0.15) is 0 Å². The smallest absolute Gasteiger partial charge is 0.165 e. The van der Waals surface area contributed by atoms with Crippen molar-refractivity contribution in [2.75, 3.05) is 0 Å². The Hall–Kier alpha value is -6.10. The molecule has 0 aliphatic carbocycles. The molecule has 49 heavy (non-hydrogen) atoms. The monoisotopic (exact) mass is 643 g/mol. The Morgan fingerprint density at radius 1 is 0.592 bits per heavy atom. The van der Waals surface area contributed by atoms with Crippen molar-refractivity contribution in [2.24, 2.45) is 0 Å². The third kappa shape index (κ3) is 4.01. The van der Waals surface area contributed by atoms with Crippen molar-refractivity contribution in [2.45, 2.75) is 6.92 Å². The second kappa shape index (κ2) is 10.7. The maximum atomic E-state index is 5.47. The molecule has 3 aromatic heterocycles. The Balaban J connectivity index is 1.45. The van der Waals surface area contributed by atoms with E-state index in [1.165, 1.54) is 57.9 Å². The Bertz CT molecular complexity index is 3030. The molecule has 0 radical (unpaired) electrons. The third-order valence-corrected chi connectivity index (χ3v) is 11.1. The first-order valence-corrected chi connectivity index (χ1v) is 17.4. The number of nitrogens with zero attached hydrogens (tertiary/aromatic N) is 3. The van der Waals surface area contributed by atoms with Crippen LogP contribution < -0.4 is 0 Å². The summed E-state index contributed by atoms with van der Waals surface area (Å²) in [7, 11) is 0. The molecule has 0 aliphatic rings. The van der Waals surface area contributed by atoms with Gasteiger partial charge in [0.05, 0.1) is 27.1 Å². The summed E-state index contributed by atoms with van der Waals surface area (Å²) in [5, 5.41) is 12.4. The van der Waals surface area contributed by atoms with Crippen LogP contribution in [0.5, 0.6) is 0 Å². The average Bonchev–Trinajstić information content (AvgIpc) is 3.72. The Morgan fingerprint density at radius 2 is 1.27 bits per heavy atom. The number of rotatable bonds is 4. The topological polar surface area (TPSA) is 30.7 Å². The van der Waals surface area contributed by atoms with Crippen molar-refractivity contribution in [3.05, 3.63) is 151 Å². The van der Waals surface area contributed by atoms with E-state index < -0.39 is 0 Å². The molecule has 7 aromatic carbocycles. The predicted molar refractivity (Wildman–Crippen MR) is 212 cm³/mol. The fourth-order valence-electron chi connectivity index (χ4n) is 7.70. The molecule has 10 rings (SSSR count). The van der Waals surface area contributed by atoms with E-state index in [0.29, 0.717) is 0 Å². The molecule has 0 spiro atoms. The molecule has 0 aliphatic heterocycles. The Labute approximate surface area is 286 Å². The van der Waals surface area contributed by atoms with Crippen molar-refractivity contribution in [1.82, 2.24) is 14.5 Å². The summed E-state index contributed by atoms with van der Waals surface area (Å²) < 4.78 is 4.94. The number of aromatic nitrogens is 3. The highest BCUT2D eigenvalue weighted by molar-refractivity contribution is 7.27. The van der Waals surface area contributed by atoms with Gasteiger partial charge in [0.25, 0.3) is 0 Å². The van der Waals surface area contributed by atoms with Gasteiger partial charge in [-0.25, -0.2) is 9.97 Å². The van der Waals surface area contributed by atoms with Gasteiger partial charge in [0.15, 0.2) is 5.82 Å². The zero-order valence-electron chi connectivity index (χ0n) is 26.8. The summed E-state index contributed by atoms with van der Waals surface area (Å²) in [6.07, 6.45) is 5.86. The largest absolute Gasteiger partial charge is 0.290 e. The van der Waals surface area contributed by atoms with Gasteiger partial charge in [-0.05, 0) is 63.5 Å². The zero-order valence-corrected chi connectivity index (χ0v) is 27.6. The van der Waals surface area contributed by atoms with Crippen LogP contribution in [-0.4, -0.2) is 14.5 Å². The Morgan fingerprint density at radius 3 is 2.06 bits per heavy atom. The van der Waals surface area contributed by atoms with Crippen molar-refractivity contribution in [3.63, 3.8) is 0 Å². The lowest BCUT2D eigenvalue weighted by atomic mass is 9.98. The number of thiophene rings is 1. The van der Waals surface area contributed by atoms with Crippen molar-refractivity contribution < 1.29 is 0 Å². The first-order valence-electron chi connectivity index (χ1n) is 16.6. The number of fused-ring (bicyclic) bond motifs is 13. The van der Waals surface area contributed by atoms with Crippen LogP contribution in [-0.2, 0) is 0 Å². The van der Waals surface area contributed by atoms with E-state index in [2.05, 4.69) is 139 Å². The highest BCUT2D eigenvalue weighted by Crippen LogP contribution is 2.49. The number of hydrogen-bond donors (Lipinski definition) is 0. The minimum absolute atomic E-state index is 0.759. The molecule has 0 amide bonds. The first-order chi connectivity index (χ1) is 24.2. The molecule has 3 heterocycles. The molecular weight excluding hydrogens is 615 g/mol. The summed E-state index contributed by atoms with van der Waals surface area (Å²) in [6, 6.07) is 46.0. The molecule has 3 nitrogen and oxygen atoms in total. The van der Waals surface area contributed by atoms with E-state index >= 15 is 0 Å². The average molecular weight is 644 g/mol. The molecular formula is C45H29N3S. The maximum absolute atomic E-state index is 5.47. The van der Waals surface area contributed by atoms with Gasteiger partial charge in [0.2, 0.25) is 0 Å². The van der Waals surface area contributed by atoms with Crippen LogP contribution in [0.15, 0.2) is 140 Å². The summed E-state index contributed by atoms with van der Waals surface area (Å²) in [4.78, 5) is 10.8. The SMILES string of the molecule is C=Cc1nc(-c2ccc3ccccc3c2)c(-n2c3ccccc3c3c4ccccc4c4c5ccc6ccccc6c5sc4c32)nc1/C=C\C. The molecule has 0 unspecified atom stereocenters. The maximum Gasteiger partial charge on any atom is 0.165 e. The molecule has 230 valence electrons. The van der Waals surface area contributed by atoms with Gasteiger partial charge in [0, 0.05) is 31.8 Å². The van der Waals surface area contributed by atoms with E-state index in [1.807, 2.05) is 36.5 Å². The Kier molecular flexibility index (Phi) is 6.11. The van der Waals surface area contributed by atoms with E-state index in [0.717, 1.165) is 44.9 Å². The quantitative estimate of drug-likeness (QED) is 0.191. The van der Waals surface area contributed by atoms with Gasteiger partial charge in [-0.1, -0.05) is 128 Å². The summed E-state index contributed by atoms with van der Waals surface area (Å²) in [5.41, 5.74) is 5.66. The number of allylic oxidation sites excluding steroid dienone is 1. The van der Waals surface area contributed by atoms with Crippen molar-refractivity contribution in [1.29, 1.82) is 0 Å². The van der Waals surface area contributed by atoms with Gasteiger partial charge < -0.3 is 0 Å². The van der Waals surface area contributed by atoms with E-state index in [1.54, 1.807) is 0 Å². The number of benzene rings is 7.